The first-order valence-corrected chi connectivity index (χ1v) is 4.91. The summed E-state index contributed by atoms with van der Waals surface area (Å²) in [5, 5.41) is 0. The van der Waals surface area contributed by atoms with Gasteiger partial charge in [-0.05, 0) is 30.2 Å². The van der Waals surface area contributed by atoms with Gasteiger partial charge < -0.3 is 0 Å². The molecule has 1 rings (SSSR count). The third kappa shape index (κ3) is 4.26. The lowest BCUT2D eigenvalue weighted by Gasteiger charge is -2.05. The predicted octanol–water partition coefficient (Wildman–Crippen LogP) is 3.86. The Kier molecular flexibility index (Phi) is 4.26. The molecule has 0 saturated heterocycles. The van der Waals surface area contributed by atoms with Crippen LogP contribution in [0.15, 0.2) is 42.0 Å². The molecule has 0 heterocycles. The molecule has 0 N–H and O–H groups in total. The lowest BCUT2D eigenvalue weighted by molar-refractivity contribution is -0.137. The van der Waals surface area contributed by atoms with Crippen molar-refractivity contribution in [3.05, 3.63) is 53.1 Å². The first-order chi connectivity index (χ1) is 7.93. The second kappa shape index (κ2) is 5.48. The van der Waals surface area contributed by atoms with E-state index in [1.165, 1.54) is 12.1 Å². The lowest BCUT2D eigenvalue weighted by Crippen LogP contribution is -2.03. The highest BCUT2D eigenvalue weighted by Crippen LogP contribution is 2.29. The molecular formula is C13H11F3O. The van der Waals surface area contributed by atoms with Crippen molar-refractivity contribution in [2.24, 2.45) is 0 Å². The van der Waals surface area contributed by atoms with E-state index in [4.69, 9.17) is 0 Å². The molecule has 90 valence electrons. The van der Waals surface area contributed by atoms with Gasteiger partial charge in [0.25, 0.3) is 0 Å². The summed E-state index contributed by atoms with van der Waals surface area (Å²) in [5.74, 6) is 0. The number of hydrogen-bond acceptors (Lipinski definition) is 1. The molecule has 0 radical (unpaired) electrons. The molecule has 1 aromatic carbocycles. The average Bonchev–Trinajstić information content (AvgIpc) is 2.28. The Morgan fingerprint density at radius 3 is 2.24 bits per heavy atom. The summed E-state index contributed by atoms with van der Waals surface area (Å²) in [6.07, 6.45) is 1.23. The van der Waals surface area contributed by atoms with E-state index in [2.05, 4.69) is 0 Å². The van der Waals surface area contributed by atoms with E-state index in [9.17, 15) is 18.0 Å². The predicted molar refractivity (Wildman–Crippen MR) is 60.3 cm³/mol. The van der Waals surface area contributed by atoms with Crippen LogP contribution >= 0.6 is 0 Å². The van der Waals surface area contributed by atoms with Crippen LogP contribution in [-0.2, 0) is 11.0 Å². The monoisotopic (exact) mass is 240 g/mol. The number of carbonyl (C=O) groups excluding carboxylic acids is 1. The largest absolute Gasteiger partial charge is 0.416 e. The van der Waals surface area contributed by atoms with Crippen LogP contribution in [0.25, 0.3) is 6.08 Å². The molecule has 17 heavy (non-hydrogen) atoms. The zero-order valence-corrected chi connectivity index (χ0v) is 9.16. The van der Waals surface area contributed by atoms with Gasteiger partial charge in [-0.15, -0.1) is 0 Å². The van der Waals surface area contributed by atoms with Gasteiger partial charge in [0.2, 0.25) is 0 Å². The Morgan fingerprint density at radius 2 is 1.76 bits per heavy atom. The van der Waals surface area contributed by atoms with Crippen LogP contribution in [0, 0.1) is 0 Å². The zero-order valence-electron chi connectivity index (χ0n) is 9.16. The smallest absolute Gasteiger partial charge is 0.298 e. The van der Waals surface area contributed by atoms with Crippen LogP contribution in [0.3, 0.4) is 0 Å². The van der Waals surface area contributed by atoms with E-state index >= 15 is 0 Å². The number of allylic oxidation sites excluding steroid dienone is 3. The summed E-state index contributed by atoms with van der Waals surface area (Å²) < 4.78 is 36.8. The van der Waals surface area contributed by atoms with Gasteiger partial charge in [-0.2, -0.15) is 13.2 Å². The second-order valence-electron chi connectivity index (χ2n) is 3.51. The Balaban J connectivity index is 2.79. The van der Waals surface area contributed by atoms with Gasteiger partial charge in [-0.3, -0.25) is 4.79 Å². The van der Waals surface area contributed by atoms with E-state index in [0.717, 1.165) is 12.1 Å². The van der Waals surface area contributed by atoms with Gasteiger partial charge in [0.1, 0.15) is 6.29 Å². The fourth-order valence-corrected chi connectivity index (χ4v) is 1.13. The summed E-state index contributed by atoms with van der Waals surface area (Å²) in [7, 11) is 0. The topological polar surface area (TPSA) is 17.1 Å². The zero-order chi connectivity index (χ0) is 12.9. The molecule has 0 atom stereocenters. The number of benzene rings is 1. The normalized spacial score (nSPS) is 13.1. The molecule has 0 amide bonds. The molecule has 0 fully saturated rings. The summed E-state index contributed by atoms with van der Waals surface area (Å²) in [6, 6.07) is 4.80. The van der Waals surface area contributed by atoms with Crippen molar-refractivity contribution in [1.29, 1.82) is 0 Å². The first kappa shape index (κ1) is 13.2. The third-order valence-electron chi connectivity index (χ3n) is 2.07. The lowest BCUT2D eigenvalue weighted by atomic mass is 10.1. The number of hydrogen-bond donors (Lipinski definition) is 0. The molecule has 0 aliphatic carbocycles. The molecule has 0 saturated carbocycles. The second-order valence-corrected chi connectivity index (χ2v) is 3.51. The molecule has 0 aliphatic rings. The standard InChI is InChI=1S/C13H11F3O/c1-10(9-17)3-2-4-11-5-7-12(8-6-11)13(14,15)16/h2-9H,1H3. The first-order valence-electron chi connectivity index (χ1n) is 4.91. The molecular weight excluding hydrogens is 229 g/mol. The van der Waals surface area contributed by atoms with Crippen LogP contribution in [-0.4, -0.2) is 6.29 Å². The van der Waals surface area contributed by atoms with Crippen molar-refractivity contribution in [3.63, 3.8) is 0 Å². The maximum absolute atomic E-state index is 12.3. The number of aldehydes is 1. The molecule has 0 aromatic heterocycles. The van der Waals surface area contributed by atoms with Crippen molar-refractivity contribution >= 4 is 12.4 Å². The van der Waals surface area contributed by atoms with Gasteiger partial charge in [0.15, 0.2) is 0 Å². The maximum Gasteiger partial charge on any atom is 0.416 e. The molecule has 0 bridgehead atoms. The maximum atomic E-state index is 12.3. The number of carbonyl (C=O) groups is 1. The molecule has 4 heteroatoms. The average molecular weight is 240 g/mol. The fourth-order valence-electron chi connectivity index (χ4n) is 1.13. The molecule has 1 aromatic rings. The van der Waals surface area contributed by atoms with Crippen LogP contribution in [0.1, 0.15) is 18.1 Å². The van der Waals surface area contributed by atoms with Gasteiger partial charge >= 0.3 is 6.18 Å². The minimum Gasteiger partial charge on any atom is -0.298 e. The number of alkyl halides is 3. The van der Waals surface area contributed by atoms with E-state index < -0.39 is 11.7 Å². The van der Waals surface area contributed by atoms with Gasteiger partial charge in [0, 0.05) is 0 Å². The highest BCUT2D eigenvalue weighted by atomic mass is 19.4. The van der Waals surface area contributed by atoms with Crippen LogP contribution in [0.2, 0.25) is 0 Å². The fraction of sp³-hybridized carbons (Fsp3) is 0.154. The minimum absolute atomic E-state index is 0.549. The quantitative estimate of drug-likeness (QED) is 0.445. The molecule has 0 aliphatic heterocycles. The molecule has 0 unspecified atom stereocenters. The number of halogens is 3. The van der Waals surface area contributed by atoms with E-state index in [-0.39, 0.29) is 0 Å². The van der Waals surface area contributed by atoms with Crippen LogP contribution in [0.4, 0.5) is 13.2 Å². The highest BCUT2D eigenvalue weighted by Gasteiger charge is 2.29. The highest BCUT2D eigenvalue weighted by molar-refractivity contribution is 5.73. The van der Waals surface area contributed by atoms with E-state index in [0.29, 0.717) is 17.4 Å². The van der Waals surface area contributed by atoms with Gasteiger partial charge in [-0.25, -0.2) is 0 Å². The third-order valence-corrected chi connectivity index (χ3v) is 2.07. The number of rotatable bonds is 3. The van der Waals surface area contributed by atoms with Crippen molar-refractivity contribution in [2.45, 2.75) is 13.1 Å². The van der Waals surface area contributed by atoms with Crippen molar-refractivity contribution in [1.82, 2.24) is 0 Å². The van der Waals surface area contributed by atoms with E-state index in [1.54, 1.807) is 25.2 Å². The summed E-state index contributed by atoms with van der Waals surface area (Å²) in [6.45, 7) is 1.64. The van der Waals surface area contributed by atoms with Gasteiger partial charge in [-0.1, -0.05) is 30.4 Å². The van der Waals surface area contributed by atoms with Gasteiger partial charge in [0.05, 0.1) is 5.56 Å². The van der Waals surface area contributed by atoms with E-state index in [1.807, 2.05) is 0 Å². The molecule has 0 spiro atoms. The SMILES string of the molecule is CC(C=O)=CC=Cc1ccc(C(F)(F)F)cc1. The summed E-state index contributed by atoms with van der Waals surface area (Å²) >= 11 is 0. The summed E-state index contributed by atoms with van der Waals surface area (Å²) in [5.41, 5.74) is 0.523. The van der Waals surface area contributed by atoms with Crippen molar-refractivity contribution < 1.29 is 18.0 Å². The minimum atomic E-state index is -4.31. The Bertz CT molecular complexity index is 439. The van der Waals surface area contributed by atoms with Crippen molar-refractivity contribution in [2.75, 3.05) is 0 Å². The Hall–Kier alpha value is -1.84. The van der Waals surface area contributed by atoms with Crippen molar-refractivity contribution in [3.8, 4) is 0 Å². The van der Waals surface area contributed by atoms with Crippen LogP contribution in [0.5, 0.6) is 0 Å². The molecule has 1 nitrogen and oxygen atoms in total. The Labute approximate surface area is 97.3 Å². The summed E-state index contributed by atoms with van der Waals surface area (Å²) in [4.78, 5) is 10.3. The Morgan fingerprint density at radius 1 is 1.18 bits per heavy atom. The van der Waals surface area contributed by atoms with Crippen LogP contribution < -0.4 is 0 Å².